The van der Waals surface area contributed by atoms with Gasteiger partial charge in [0.1, 0.15) is 6.23 Å². The highest BCUT2D eigenvalue weighted by Crippen LogP contribution is 2.11. The fourth-order valence-corrected chi connectivity index (χ4v) is 1.42. The number of fused-ring (bicyclic) bond motifs is 1. The first-order valence-electron chi connectivity index (χ1n) is 4.47. The van der Waals surface area contributed by atoms with Gasteiger partial charge in [-0.3, -0.25) is 0 Å². The number of aromatic nitrogens is 3. The van der Waals surface area contributed by atoms with Crippen molar-refractivity contribution in [3.8, 4) is 0 Å². The summed E-state index contributed by atoms with van der Waals surface area (Å²) in [6, 6.07) is 3.49. The molecule has 1 unspecified atom stereocenters. The van der Waals surface area contributed by atoms with Crippen molar-refractivity contribution in [3.63, 3.8) is 0 Å². The van der Waals surface area contributed by atoms with E-state index in [1.54, 1.807) is 25.3 Å². The number of aliphatic hydroxyl groups excluding tert-OH is 1. The van der Waals surface area contributed by atoms with Crippen LogP contribution in [0.3, 0.4) is 0 Å². The summed E-state index contributed by atoms with van der Waals surface area (Å²) in [6.07, 6.45) is 1.25. The molecule has 0 aliphatic rings. The summed E-state index contributed by atoms with van der Waals surface area (Å²) in [4.78, 5) is 18.1. The predicted molar refractivity (Wildman–Crippen MR) is 51.9 cm³/mol. The van der Waals surface area contributed by atoms with E-state index in [9.17, 15) is 9.90 Å². The molecular formula is C9H11N3O2. The summed E-state index contributed by atoms with van der Waals surface area (Å²) in [6.45, 7) is 1.80. The van der Waals surface area contributed by atoms with Crippen LogP contribution in [0.5, 0.6) is 0 Å². The Labute approximate surface area is 80.0 Å². The van der Waals surface area contributed by atoms with E-state index in [-0.39, 0.29) is 5.69 Å². The minimum Gasteiger partial charge on any atom is -0.373 e. The van der Waals surface area contributed by atoms with Crippen LogP contribution in [0.2, 0.25) is 0 Å². The molecule has 1 atom stereocenters. The van der Waals surface area contributed by atoms with E-state index in [1.165, 1.54) is 4.57 Å². The van der Waals surface area contributed by atoms with E-state index in [4.69, 9.17) is 0 Å². The topological polar surface area (TPSA) is 70.9 Å². The number of H-pyrrole nitrogens is 1. The molecule has 0 saturated carbocycles. The van der Waals surface area contributed by atoms with Gasteiger partial charge < -0.3 is 10.1 Å². The van der Waals surface area contributed by atoms with Gasteiger partial charge in [-0.05, 0) is 18.6 Å². The molecule has 2 aromatic heterocycles. The molecule has 2 heterocycles. The Morgan fingerprint density at radius 2 is 2.50 bits per heavy atom. The highest BCUT2D eigenvalue weighted by atomic mass is 16.3. The van der Waals surface area contributed by atoms with E-state index in [1.807, 2.05) is 0 Å². The Kier molecular flexibility index (Phi) is 2.09. The zero-order valence-electron chi connectivity index (χ0n) is 7.77. The molecule has 2 rings (SSSR count). The van der Waals surface area contributed by atoms with Gasteiger partial charge in [-0.1, -0.05) is 6.92 Å². The third-order valence-electron chi connectivity index (χ3n) is 2.14. The van der Waals surface area contributed by atoms with Crippen LogP contribution in [0.1, 0.15) is 19.6 Å². The number of imidazole rings is 1. The van der Waals surface area contributed by atoms with Crippen molar-refractivity contribution < 1.29 is 5.11 Å². The van der Waals surface area contributed by atoms with Crippen LogP contribution >= 0.6 is 0 Å². The lowest BCUT2D eigenvalue weighted by Gasteiger charge is -2.07. The number of nitrogens with zero attached hydrogens (tertiary/aromatic N) is 2. The second-order valence-electron chi connectivity index (χ2n) is 3.06. The molecule has 0 spiro atoms. The van der Waals surface area contributed by atoms with Gasteiger partial charge in [0.05, 0.1) is 5.52 Å². The first kappa shape index (κ1) is 8.96. The summed E-state index contributed by atoms with van der Waals surface area (Å²) in [5, 5.41) is 9.60. The van der Waals surface area contributed by atoms with Crippen molar-refractivity contribution in [2.24, 2.45) is 0 Å². The number of pyridine rings is 1. The first-order valence-corrected chi connectivity index (χ1v) is 4.47. The van der Waals surface area contributed by atoms with Crippen LogP contribution in [-0.2, 0) is 0 Å². The van der Waals surface area contributed by atoms with Crippen LogP contribution in [0.15, 0.2) is 23.1 Å². The third kappa shape index (κ3) is 1.22. The summed E-state index contributed by atoms with van der Waals surface area (Å²) in [5.74, 6) is 0. The molecule has 0 aliphatic heterocycles. The zero-order valence-corrected chi connectivity index (χ0v) is 7.77. The number of nitrogens with one attached hydrogen (secondary N) is 1. The average Bonchev–Trinajstić information content (AvgIpc) is 2.53. The second-order valence-corrected chi connectivity index (χ2v) is 3.06. The Morgan fingerprint density at radius 3 is 3.21 bits per heavy atom. The summed E-state index contributed by atoms with van der Waals surface area (Å²) in [7, 11) is 0. The molecule has 0 aromatic carbocycles. The minimum absolute atomic E-state index is 0.326. The van der Waals surface area contributed by atoms with Crippen molar-refractivity contribution >= 4 is 11.2 Å². The molecule has 0 aliphatic carbocycles. The summed E-state index contributed by atoms with van der Waals surface area (Å²) < 4.78 is 1.26. The van der Waals surface area contributed by atoms with Crippen LogP contribution in [-0.4, -0.2) is 19.6 Å². The molecule has 2 aromatic rings. The number of aliphatic hydroxyl groups is 1. The number of aromatic amines is 1. The lowest BCUT2D eigenvalue weighted by Crippen LogP contribution is -2.21. The maximum absolute atomic E-state index is 11.4. The maximum atomic E-state index is 11.4. The monoisotopic (exact) mass is 193 g/mol. The fourth-order valence-electron chi connectivity index (χ4n) is 1.42. The predicted octanol–water partition coefficient (Wildman–Crippen LogP) is 0.625. The standard InChI is InChI=1S/C9H11N3O2/c1-2-7(13)12-8-6(11-9(12)14)4-3-5-10-8/h3-5,7,13H,2H2,1H3,(H,11,14). The van der Waals surface area contributed by atoms with Gasteiger partial charge >= 0.3 is 5.69 Å². The van der Waals surface area contributed by atoms with Gasteiger partial charge in [0.15, 0.2) is 5.65 Å². The highest BCUT2D eigenvalue weighted by molar-refractivity contribution is 5.70. The quantitative estimate of drug-likeness (QED) is 0.734. The molecular weight excluding hydrogens is 182 g/mol. The molecule has 5 nitrogen and oxygen atoms in total. The number of hydrogen-bond donors (Lipinski definition) is 2. The summed E-state index contributed by atoms with van der Waals surface area (Å²) >= 11 is 0. The molecule has 14 heavy (non-hydrogen) atoms. The van der Waals surface area contributed by atoms with E-state index in [0.717, 1.165) is 0 Å². The van der Waals surface area contributed by atoms with Crippen LogP contribution in [0.25, 0.3) is 11.2 Å². The molecule has 0 amide bonds. The molecule has 2 N–H and O–H groups in total. The second kappa shape index (κ2) is 3.26. The van der Waals surface area contributed by atoms with E-state index in [0.29, 0.717) is 17.6 Å². The van der Waals surface area contributed by atoms with Crippen molar-refractivity contribution in [2.75, 3.05) is 0 Å². The lowest BCUT2D eigenvalue weighted by molar-refractivity contribution is 0.100. The van der Waals surface area contributed by atoms with Crippen molar-refractivity contribution in [2.45, 2.75) is 19.6 Å². The Bertz CT molecular complexity index is 500. The lowest BCUT2D eigenvalue weighted by atomic mass is 10.4. The zero-order chi connectivity index (χ0) is 10.1. The first-order chi connectivity index (χ1) is 6.74. The maximum Gasteiger partial charge on any atom is 0.329 e. The summed E-state index contributed by atoms with van der Waals surface area (Å²) in [5.41, 5.74) is 0.810. The smallest absolute Gasteiger partial charge is 0.329 e. The van der Waals surface area contributed by atoms with Crippen molar-refractivity contribution in [3.05, 3.63) is 28.8 Å². The van der Waals surface area contributed by atoms with Crippen LogP contribution in [0, 0.1) is 0 Å². The van der Waals surface area contributed by atoms with E-state index < -0.39 is 6.23 Å². The third-order valence-corrected chi connectivity index (χ3v) is 2.14. The molecule has 0 saturated heterocycles. The Hall–Kier alpha value is -1.62. The average molecular weight is 193 g/mol. The van der Waals surface area contributed by atoms with Crippen molar-refractivity contribution in [1.82, 2.24) is 14.5 Å². The minimum atomic E-state index is -0.814. The fraction of sp³-hybridized carbons (Fsp3) is 0.333. The van der Waals surface area contributed by atoms with Gasteiger partial charge in [-0.15, -0.1) is 0 Å². The normalized spacial score (nSPS) is 13.3. The van der Waals surface area contributed by atoms with Crippen molar-refractivity contribution in [1.29, 1.82) is 0 Å². The molecule has 0 radical (unpaired) electrons. The van der Waals surface area contributed by atoms with Gasteiger partial charge in [0.2, 0.25) is 0 Å². The Morgan fingerprint density at radius 1 is 1.71 bits per heavy atom. The molecule has 74 valence electrons. The van der Waals surface area contributed by atoms with E-state index >= 15 is 0 Å². The Balaban J connectivity index is 2.74. The van der Waals surface area contributed by atoms with Gasteiger partial charge in [-0.2, -0.15) is 0 Å². The highest BCUT2D eigenvalue weighted by Gasteiger charge is 2.12. The number of hydrogen-bond acceptors (Lipinski definition) is 3. The van der Waals surface area contributed by atoms with Gasteiger partial charge in [-0.25, -0.2) is 14.3 Å². The SMILES string of the molecule is CCC(O)n1c(=O)[nH]c2cccnc21. The van der Waals surface area contributed by atoms with Gasteiger partial charge in [0.25, 0.3) is 0 Å². The number of rotatable bonds is 2. The molecule has 0 fully saturated rings. The van der Waals surface area contributed by atoms with Gasteiger partial charge in [0, 0.05) is 6.20 Å². The molecule has 5 heteroatoms. The molecule has 0 bridgehead atoms. The van der Waals surface area contributed by atoms with E-state index in [2.05, 4.69) is 9.97 Å². The largest absolute Gasteiger partial charge is 0.373 e. The van der Waals surface area contributed by atoms with Crippen LogP contribution in [0.4, 0.5) is 0 Å². The van der Waals surface area contributed by atoms with Crippen LogP contribution < -0.4 is 5.69 Å².